The minimum Gasteiger partial charge on any atom is -0.387 e. The molecule has 0 aliphatic carbocycles. The molecule has 112 valence electrons. The Morgan fingerprint density at radius 3 is 2.62 bits per heavy atom. The minimum absolute atomic E-state index is 0.197. The zero-order valence-electron chi connectivity index (χ0n) is 12.8. The maximum Gasteiger partial charge on any atom is 0.139 e. The molecule has 0 unspecified atom stereocenters. The van der Waals surface area contributed by atoms with Gasteiger partial charge in [0.1, 0.15) is 5.82 Å². The van der Waals surface area contributed by atoms with Crippen LogP contribution in [0.5, 0.6) is 0 Å². The van der Waals surface area contributed by atoms with Gasteiger partial charge in [0.15, 0.2) is 0 Å². The number of benzene rings is 1. The molecule has 2 rings (SSSR count). The van der Waals surface area contributed by atoms with E-state index < -0.39 is 0 Å². The van der Waals surface area contributed by atoms with Crippen LogP contribution in [0.1, 0.15) is 33.1 Å². The summed E-state index contributed by atoms with van der Waals surface area (Å²) in [5, 5.41) is 7.58. The lowest BCUT2D eigenvalue weighted by Crippen LogP contribution is -2.30. The number of imidazole rings is 1. The fraction of sp³-hybridized carbons (Fsp3) is 0.412. The molecule has 2 aromatic rings. The Hall–Kier alpha value is -2.10. The summed E-state index contributed by atoms with van der Waals surface area (Å²) in [7, 11) is 0. The summed E-state index contributed by atoms with van der Waals surface area (Å²) in [5.74, 6) is 1.29. The van der Waals surface area contributed by atoms with E-state index in [1.165, 1.54) is 0 Å². The molecule has 0 bridgehead atoms. The maximum absolute atomic E-state index is 7.58. The van der Waals surface area contributed by atoms with Crippen LogP contribution in [0, 0.1) is 10.8 Å². The number of hydrogen-bond donors (Lipinski definition) is 2. The van der Waals surface area contributed by atoms with Crippen LogP contribution in [-0.4, -0.2) is 15.4 Å². The number of nitrogens with one attached hydrogen (secondary N) is 1. The van der Waals surface area contributed by atoms with Crippen molar-refractivity contribution < 1.29 is 0 Å². The van der Waals surface area contributed by atoms with Gasteiger partial charge in [-0.25, -0.2) is 4.98 Å². The van der Waals surface area contributed by atoms with Gasteiger partial charge in [0.05, 0.1) is 5.84 Å². The first-order valence-electron chi connectivity index (χ1n) is 7.42. The Balaban J connectivity index is 1.91. The SMILES string of the molecule is CC(C)(CCCCn1ccnc1-c1ccccc1)C(=N)N. The highest BCUT2D eigenvalue weighted by Crippen LogP contribution is 2.23. The molecule has 0 saturated carbocycles. The van der Waals surface area contributed by atoms with Gasteiger partial charge in [-0.2, -0.15) is 0 Å². The molecule has 1 aromatic carbocycles. The molecule has 1 aromatic heterocycles. The zero-order valence-corrected chi connectivity index (χ0v) is 12.8. The van der Waals surface area contributed by atoms with Crippen molar-refractivity contribution in [1.29, 1.82) is 5.41 Å². The van der Waals surface area contributed by atoms with Gasteiger partial charge in [-0.15, -0.1) is 0 Å². The maximum atomic E-state index is 7.58. The fourth-order valence-corrected chi connectivity index (χ4v) is 2.32. The quantitative estimate of drug-likeness (QED) is 0.462. The van der Waals surface area contributed by atoms with Crippen molar-refractivity contribution in [2.75, 3.05) is 0 Å². The standard InChI is InChI=1S/C17H24N4/c1-17(2,16(18)19)10-6-7-12-21-13-11-20-15(21)14-8-4-3-5-9-14/h3-5,8-9,11,13H,6-7,10,12H2,1-2H3,(H3,18,19). The molecule has 0 radical (unpaired) electrons. The van der Waals surface area contributed by atoms with Gasteiger partial charge < -0.3 is 10.3 Å². The summed E-state index contributed by atoms with van der Waals surface area (Å²) in [4.78, 5) is 4.45. The summed E-state index contributed by atoms with van der Waals surface area (Å²) in [5.41, 5.74) is 6.56. The number of rotatable bonds is 7. The number of hydrogen-bond acceptors (Lipinski definition) is 2. The zero-order chi connectivity index (χ0) is 15.3. The first kappa shape index (κ1) is 15.3. The normalized spacial score (nSPS) is 11.5. The van der Waals surface area contributed by atoms with Crippen LogP contribution in [0.25, 0.3) is 11.4 Å². The van der Waals surface area contributed by atoms with Crippen molar-refractivity contribution in [2.45, 2.75) is 39.7 Å². The molecule has 21 heavy (non-hydrogen) atoms. The molecule has 0 saturated heterocycles. The van der Waals surface area contributed by atoms with E-state index in [0.29, 0.717) is 0 Å². The van der Waals surface area contributed by atoms with Crippen molar-refractivity contribution in [2.24, 2.45) is 11.1 Å². The molecule has 0 spiro atoms. The summed E-state index contributed by atoms with van der Waals surface area (Å²) in [6.07, 6.45) is 6.93. The van der Waals surface area contributed by atoms with Gasteiger partial charge >= 0.3 is 0 Å². The van der Waals surface area contributed by atoms with Gasteiger partial charge in [0.25, 0.3) is 0 Å². The lowest BCUT2D eigenvalue weighted by molar-refractivity contribution is 0.430. The fourth-order valence-electron chi connectivity index (χ4n) is 2.32. The molecule has 1 heterocycles. The van der Waals surface area contributed by atoms with Crippen LogP contribution >= 0.6 is 0 Å². The molecule has 0 amide bonds. The van der Waals surface area contributed by atoms with Crippen molar-refractivity contribution in [3.63, 3.8) is 0 Å². The molecular weight excluding hydrogens is 260 g/mol. The Morgan fingerprint density at radius 1 is 1.24 bits per heavy atom. The number of aromatic nitrogens is 2. The molecule has 0 fully saturated rings. The van der Waals surface area contributed by atoms with Crippen molar-refractivity contribution in [1.82, 2.24) is 9.55 Å². The van der Waals surface area contributed by atoms with E-state index in [4.69, 9.17) is 11.1 Å². The van der Waals surface area contributed by atoms with E-state index in [1.54, 1.807) is 0 Å². The Labute approximate surface area is 126 Å². The summed E-state index contributed by atoms with van der Waals surface area (Å²) >= 11 is 0. The largest absolute Gasteiger partial charge is 0.387 e. The van der Waals surface area contributed by atoms with E-state index in [0.717, 1.165) is 37.2 Å². The van der Waals surface area contributed by atoms with Crippen LogP contribution in [0.15, 0.2) is 42.7 Å². The first-order chi connectivity index (χ1) is 10.0. The first-order valence-corrected chi connectivity index (χ1v) is 7.42. The second kappa shape index (κ2) is 6.57. The van der Waals surface area contributed by atoms with E-state index in [1.807, 2.05) is 44.4 Å². The van der Waals surface area contributed by atoms with E-state index in [-0.39, 0.29) is 11.3 Å². The molecule has 0 atom stereocenters. The third-order valence-electron chi connectivity index (χ3n) is 3.93. The predicted molar refractivity (Wildman–Crippen MR) is 87.2 cm³/mol. The van der Waals surface area contributed by atoms with E-state index in [2.05, 4.69) is 21.7 Å². The topological polar surface area (TPSA) is 67.7 Å². The third kappa shape index (κ3) is 3.94. The van der Waals surface area contributed by atoms with Crippen molar-refractivity contribution in [3.05, 3.63) is 42.7 Å². The Morgan fingerprint density at radius 2 is 1.95 bits per heavy atom. The van der Waals surface area contributed by atoms with Crippen LogP contribution in [0.3, 0.4) is 0 Å². The van der Waals surface area contributed by atoms with Crippen LogP contribution in [0.2, 0.25) is 0 Å². The second-order valence-electron chi connectivity index (χ2n) is 6.06. The van der Waals surface area contributed by atoms with E-state index in [9.17, 15) is 0 Å². The highest BCUT2D eigenvalue weighted by molar-refractivity contribution is 5.82. The number of unbranched alkanes of at least 4 members (excludes halogenated alkanes) is 1. The van der Waals surface area contributed by atoms with Crippen LogP contribution < -0.4 is 5.73 Å². The van der Waals surface area contributed by atoms with Crippen LogP contribution in [0.4, 0.5) is 0 Å². The van der Waals surface area contributed by atoms with Crippen molar-refractivity contribution >= 4 is 5.84 Å². The Kier molecular flexibility index (Phi) is 4.78. The molecule has 3 N–H and O–H groups in total. The summed E-state index contributed by atoms with van der Waals surface area (Å²) in [6.45, 7) is 5.00. The number of nitrogens with two attached hydrogens (primary N) is 1. The summed E-state index contributed by atoms with van der Waals surface area (Å²) in [6, 6.07) is 10.2. The highest BCUT2D eigenvalue weighted by Gasteiger charge is 2.20. The minimum atomic E-state index is -0.197. The van der Waals surface area contributed by atoms with E-state index >= 15 is 0 Å². The smallest absolute Gasteiger partial charge is 0.139 e. The molecule has 4 nitrogen and oxygen atoms in total. The van der Waals surface area contributed by atoms with Crippen LogP contribution in [-0.2, 0) is 6.54 Å². The molecule has 0 aliphatic rings. The molecular formula is C17H24N4. The summed E-state index contributed by atoms with van der Waals surface area (Å²) < 4.78 is 2.19. The van der Waals surface area contributed by atoms with Gasteiger partial charge in [-0.05, 0) is 12.8 Å². The average molecular weight is 284 g/mol. The van der Waals surface area contributed by atoms with Gasteiger partial charge in [-0.3, -0.25) is 5.41 Å². The lowest BCUT2D eigenvalue weighted by Gasteiger charge is -2.22. The van der Waals surface area contributed by atoms with Gasteiger partial charge in [-0.1, -0.05) is 50.6 Å². The Bertz CT molecular complexity index is 584. The van der Waals surface area contributed by atoms with Gasteiger partial charge in [0.2, 0.25) is 0 Å². The third-order valence-corrected chi connectivity index (χ3v) is 3.93. The number of amidine groups is 1. The lowest BCUT2D eigenvalue weighted by atomic mass is 9.86. The van der Waals surface area contributed by atoms with Crippen molar-refractivity contribution in [3.8, 4) is 11.4 Å². The number of nitrogens with zero attached hydrogens (tertiary/aromatic N) is 2. The van der Waals surface area contributed by atoms with Gasteiger partial charge in [0, 0.05) is 29.9 Å². The average Bonchev–Trinajstić information content (AvgIpc) is 2.93. The number of aryl methyl sites for hydroxylation is 1. The monoisotopic (exact) mass is 284 g/mol. The predicted octanol–water partition coefficient (Wildman–Crippen LogP) is 3.68. The highest BCUT2D eigenvalue weighted by atomic mass is 15.1. The molecule has 4 heteroatoms. The second-order valence-corrected chi connectivity index (χ2v) is 6.06. The molecule has 0 aliphatic heterocycles.